The van der Waals surface area contributed by atoms with Gasteiger partial charge in [-0.2, -0.15) is 0 Å². The molecule has 0 bridgehead atoms. The predicted molar refractivity (Wildman–Crippen MR) is 33.9 cm³/mol. The van der Waals surface area contributed by atoms with Gasteiger partial charge < -0.3 is 9.84 Å². The highest BCUT2D eigenvalue weighted by Gasteiger charge is 2.07. The fourth-order valence-electron chi connectivity index (χ4n) is 0.418. The molecule has 0 fully saturated rings. The van der Waals surface area contributed by atoms with E-state index in [0.717, 1.165) is 0 Å². The highest BCUT2D eigenvalue weighted by molar-refractivity contribution is 5.68. The first kappa shape index (κ1) is 10.3. The number of aliphatic hydroxyl groups excluding tert-OH is 1. The van der Waals surface area contributed by atoms with Crippen LogP contribution in [0.25, 0.3) is 0 Å². The van der Waals surface area contributed by atoms with Gasteiger partial charge in [-0.15, -0.1) is 0 Å². The third kappa shape index (κ3) is 5.78. The van der Waals surface area contributed by atoms with Gasteiger partial charge in [0, 0.05) is 6.42 Å². The maximum Gasteiger partial charge on any atom is 0.305 e. The molecule has 1 unspecified atom stereocenters. The average molecular weight is 163 g/mol. The zero-order valence-electron chi connectivity index (χ0n) is 6.28. The highest BCUT2D eigenvalue weighted by Crippen LogP contribution is 1.89. The molecule has 0 spiro atoms. The second-order valence-corrected chi connectivity index (χ2v) is 1.97. The number of carbonyl (C=O) groups excluding carboxylic acids is 1. The minimum atomic E-state index is -1.03. The predicted octanol–water partition coefficient (Wildman–Crippen LogP) is -0.337. The second-order valence-electron chi connectivity index (χ2n) is 1.97. The third-order valence-corrected chi connectivity index (χ3v) is 0.986. The van der Waals surface area contributed by atoms with Gasteiger partial charge in [-0.05, 0) is 5.26 Å². The van der Waals surface area contributed by atoms with Crippen LogP contribution < -0.4 is 0 Å². The summed E-state index contributed by atoms with van der Waals surface area (Å²) in [5, 5.41) is 18.2. The topological polar surface area (TPSA) is 75.7 Å². The van der Waals surface area contributed by atoms with Gasteiger partial charge >= 0.3 is 5.97 Å². The molecule has 1 radical (unpaired) electrons. The first-order valence-electron chi connectivity index (χ1n) is 3.29. The molecule has 11 heavy (non-hydrogen) atoms. The van der Waals surface area contributed by atoms with Gasteiger partial charge in [0.05, 0.1) is 0 Å². The van der Waals surface area contributed by atoms with Gasteiger partial charge in [-0.25, -0.2) is 4.89 Å². The van der Waals surface area contributed by atoms with Crippen molar-refractivity contribution in [2.75, 3.05) is 13.2 Å². The molecule has 0 aliphatic rings. The average Bonchev–Trinajstić information content (AvgIpc) is 2.01. The molecule has 1 N–H and O–H groups in total. The molecule has 0 saturated heterocycles. The standard InChI is InChI=1S/C6H11O5/c1-2-6(8)10-3-5(7)4-11-9/h5,7H,2-4H2,1H3. The summed E-state index contributed by atoms with van der Waals surface area (Å²) in [5.74, 6) is -0.407. The molecule has 65 valence electrons. The lowest BCUT2D eigenvalue weighted by Gasteiger charge is -2.07. The van der Waals surface area contributed by atoms with Crippen molar-refractivity contribution in [3.63, 3.8) is 0 Å². The minimum Gasteiger partial charge on any atom is -0.463 e. The third-order valence-electron chi connectivity index (χ3n) is 0.986. The van der Waals surface area contributed by atoms with Gasteiger partial charge in [0.1, 0.15) is 19.3 Å². The maximum atomic E-state index is 10.5. The van der Waals surface area contributed by atoms with Crippen molar-refractivity contribution >= 4 is 5.97 Å². The van der Waals surface area contributed by atoms with Gasteiger partial charge in [-0.3, -0.25) is 4.79 Å². The van der Waals surface area contributed by atoms with E-state index in [1.807, 2.05) is 0 Å². The van der Waals surface area contributed by atoms with Crippen molar-refractivity contribution in [2.45, 2.75) is 19.4 Å². The molecular formula is C6H11O5. The number of carbonyl (C=O) groups is 1. The number of hydrogen-bond donors (Lipinski definition) is 1. The Labute approximate surface area is 64.5 Å². The van der Waals surface area contributed by atoms with E-state index in [1.54, 1.807) is 6.92 Å². The molecule has 5 nitrogen and oxygen atoms in total. The molecule has 0 aliphatic heterocycles. The number of ether oxygens (including phenoxy) is 1. The molecule has 0 aromatic heterocycles. The number of aliphatic hydroxyl groups is 1. The largest absolute Gasteiger partial charge is 0.463 e. The van der Waals surface area contributed by atoms with E-state index in [2.05, 4.69) is 9.62 Å². The van der Waals surface area contributed by atoms with Crippen LogP contribution in [0, 0.1) is 0 Å². The Morgan fingerprint density at radius 2 is 2.18 bits per heavy atom. The first-order chi connectivity index (χ1) is 5.20. The van der Waals surface area contributed by atoms with E-state index >= 15 is 0 Å². The summed E-state index contributed by atoms with van der Waals surface area (Å²) >= 11 is 0. The van der Waals surface area contributed by atoms with Gasteiger partial charge in [0.2, 0.25) is 0 Å². The van der Waals surface area contributed by atoms with E-state index in [1.165, 1.54) is 0 Å². The van der Waals surface area contributed by atoms with Crippen molar-refractivity contribution in [3.05, 3.63) is 0 Å². The summed E-state index contributed by atoms with van der Waals surface area (Å²) in [5.41, 5.74) is 0. The van der Waals surface area contributed by atoms with Crippen molar-refractivity contribution in [3.8, 4) is 0 Å². The van der Waals surface area contributed by atoms with Crippen LogP contribution in [0.5, 0.6) is 0 Å². The lowest BCUT2D eigenvalue weighted by molar-refractivity contribution is -0.315. The van der Waals surface area contributed by atoms with E-state index in [0.29, 0.717) is 0 Å². The molecule has 5 heteroatoms. The van der Waals surface area contributed by atoms with Crippen LogP contribution >= 0.6 is 0 Å². The number of rotatable bonds is 5. The fourth-order valence-corrected chi connectivity index (χ4v) is 0.418. The quantitative estimate of drug-likeness (QED) is 0.342. The van der Waals surface area contributed by atoms with Crippen molar-refractivity contribution in [1.29, 1.82) is 0 Å². The summed E-state index contributed by atoms with van der Waals surface area (Å²) in [6.45, 7) is 1.09. The minimum absolute atomic E-state index is 0.186. The van der Waals surface area contributed by atoms with Crippen LogP contribution in [-0.2, 0) is 19.7 Å². The summed E-state index contributed by atoms with van der Waals surface area (Å²) in [6, 6.07) is 0. The van der Waals surface area contributed by atoms with Gasteiger partial charge in [-0.1, -0.05) is 6.92 Å². The molecule has 1 atom stereocenters. The van der Waals surface area contributed by atoms with Crippen molar-refractivity contribution in [2.24, 2.45) is 0 Å². The van der Waals surface area contributed by atoms with Crippen LogP contribution in [0.3, 0.4) is 0 Å². The highest BCUT2D eigenvalue weighted by atomic mass is 17.1. The number of hydrogen-bond acceptors (Lipinski definition) is 4. The van der Waals surface area contributed by atoms with Crippen LogP contribution in [0.4, 0.5) is 0 Å². The van der Waals surface area contributed by atoms with E-state index in [4.69, 9.17) is 5.11 Å². The van der Waals surface area contributed by atoms with Crippen LogP contribution in [0.15, 0.2) is 0 Å². The smallest absolute Gasteiger partial charge is 0.305 e. The Hall–Kier alpha value is -0.650. The van der Waals surface area contributed by atoms with E-state index in [9.17, 15) is 10.1 Å². The zero-order chi connectivity index (χ0) is 8.69. The Morgan fingerprint density at radius 3 is 2.64 bits per heavy atom. The fraction of sp³-hybridized carbons (Fsp3) is 0.833. The maximum absolute atomic E-state index is 10.5. The summed E-state index contributed by atoms with van der Waals surface area (Å²) in [7, 11) is 0. The lowest BCUT2D eigenvalue weighted by Crippen LogP contribution is -2.22. The van der Waals surface area contributed by atoms with Crippen molar-refractivity contribution < 1.29 is 24.8 Å². The molecule has 0 aromatic carbocycles. The SMILES string of the molecule is CCC(=O)OCC(O)CO[O]. The number of esters is 1. The summed E-state index contributed by atoms with van der Waals surface area (Å²) < 4.78 is 4.50. The molecular weight excluding hydrogens is 152 g/mol. The van der Waals surface area contributed by atoms with Gasteiger partial charge in [0.25, 0.3) is 0 Å². The Balaban J connectivity index is 3.29. The van der Waals surface area contributed by atoms with Crippen LogP contribution in [0.2, 0.25) is 0 Å². The Kier molecular flexibility index (Phi) is 5.73. The van der Waals surface area contributed by atoms with E-state index < -0.39 is 12.1 Å². The first-order valence-corrected chi connectivity index (χ1v) is 3.29. The summed E-state index contributed by atoms with van der Waals surface area (Å²) in [6.07, 6.45) is -0.770. The normalized spacial score (nSPS) is 12.6. The van der Waals surface area contributed by atoms with Gasteiger partial charge in [0.15, 0.2) is 0 Å². The molecule has 0 heterocycles. The molecule has 0 amide bonds. The Bertz CT molecular complexity index is 114. The zero-order valence-corrected chi connectivity index (χ0v) is 6.28. The second kappa shape index (κ2) is 6.09. The Morgan fingerprint density at radius 1 is 1.55 bits per heavy atom. The lowest BCUT2D eigenvalue weighted by atomic mass is 10.4. The molecule has 0 aliphatic carbocycles. The van der Waals surface area contributed by atoms with Crippen LogP contribution in [-0.4, -0.2) is 30.4 Å². The summed E-state index contributed by atoms with van der Waals surface area (Å²) in [4.78, 5) is 13.8. The molecule has 0 rings (SSSR count). The molecule has 0 aromatic rings. The van der Waals surface area contributed by atoms with Crippen LogP contribution in [0.1, 0.15) is 13.3 Å². The van der Waals surface area contributed by atoms with E-state index in [-0.39, 0.29) is 19.6 Å². The van der Waals surface area contributed by atoms with Crippen molar-refractivity contribution in [1.82, 2.24) is 0 Å². The monoisotopic (exact) mass is 163 g/mol. The molecule has 0 saturated carbocycles.